The van der Waals surface area contributed by atoms with Crippen LogP contribution in [-0.2, 0) is 14.2 Å². The molecule has 5 nitrogen and oxygen atoms in total. The second-order valence-electron chi connectivity index (χ2n) is 2.69. The molecule has 0 aromatic carbocycles. The van der Waals surface area contributed by atoms with Gasteiger partial charge in [-0.15, -0.1) is 0 Å². The fourth-order valence-electron chi connectivity index (χ4n) is 1.18. The van der Waals surface area contributed by atoms with Crippen molar-refractivity contribution in [2.45, 2.75) is 24.6 Å². The molecular formula is C7H14O5. The summed E-state index contributed by atoms with van der Waals surface area (Å²) in [5.41, 5.74) is 0. The fourth-order valence-corrected chi connectivity index (χ4v) is 1.18. The molecule has 2 N–H and O–H groups in total. The van der Waals surface area contributed by atoms with Gasteiger partial charge in [-0.3, -0.25) is 0 Å². The zero-order valence-corrected chi connectivity index (χ0v) is 7.14. The van der Waals surface area contributed by atoms with Gasteiger partial charge in [0.05, 0.1) is 6.61 Å². The average molecular weight is 178 g/mol. The van der Waals surface area contributed by atoms with Gasteiger partial charge in [0.2, 0.25) is 0 Å². The van der Waals surface area contributed by atoms with E-state index in [1.807, 2.05) is 0 Å². The van der Waals surface area contributed by atoms with E-state index in [0.717, 1.165) is 0 Å². The zero-order valence-electron chi connectivity index (χ0n) is 7.14. The standard InChI is InChI=1S/C7H14O5/c1-10-4-3-12-7(11-2)6(9)5(4)8/h4-9H,3H2,1-2H3/t4-,5+,6+,7-/m1/s1. The van der Waals surface area contributed by atoms with Crippen LogP contribution in [0.5, 0.6) is 0 Å². The lowest BCUT2D eigenvalue weighted by Crippen LogP contribution is -2.54. The van der Waals surface area contributed by atoms with Crippen LogP contribution in [0.15, 0.2) is 0 Å². The Hall–Kier alpha value is -0.200. The van der Waals surface area contributed by atoms with E-state index in [0.29, 0.717) is 0 Å². The lowest BCUT2D eigenvalue weighted by atomic mass is 10.1. The highest BCUT2D eigenvalue weighted by Gasteiger charge is 2.38. The van der Waals surface area contributed by atoms with E-state index in [-0.39, 0.29) is 6.61 Å². The van der Waals surface area contributed by atoms with Gasteiger partial charge < -0.3 is 24.4 Å². The normalized spacial score (nSPS) is 43.0. The van der Waals surface area contributed by atoms with Crippen LogP contribution >= 0.6 is 0 Å². The zero-order chi connectivity index (χ0) is 9.14. The number of rotatable bonds is 2. The van der Waals surface area contributed by atoms with Crippen molar-refractivity contribution in [1.29, 1.82) is 0 Å². The lowest BCUT2D eigenvalue weighted by Gasteiger charge is -2.35. The van der Waals surface area contributed by atoms with Gasteiger partial charge in [-0.1, -0.05) is 0 Å². The number of hydrogen-bond acceptors (Lipinski definition) is 5. The first-order valence-corrected chi connectivity index (χ1v) is 3.74. The Morgan fingerprint density at radius 2 is 1.83 bits per heavy atom. The summed E-state index contributed by atoms with van der Waals surface area (Å²) in [5.74, 6) is 0. The van der Waals surface area contributed by atoms with E-state index >= 15 is 0 Å². The Kier molecular flexibility index (Phi) is 3.42. The number of hydrogen-bond donors (Lipinski definition) is 2. The number of methoxy groups -OCH3 is 2. The van der Waals surface area contributed by atoms with Crippen molar-refractivity contribution in [3.05, 3.63) is 0 Å². The SMILES string of the molecule is CO[C@@H]1OC[C@@H](OC)[C@H](O)[C@@H]1O. The second-order valence-corrected chi connectivity index (χ2v) is 2.69. The van der Waals surface area contributed by atoms with Gasteiger partial charge in [-0.2, -0.15) is 0 Å². The lowest BCUT2D eigenvalue weighted by molar-refractivity contribution is -0.265. The van der Waals surface area contributed by atoms with Crippen LogP contribution in [0.25, 0.3) is 0 Å². The van der Waals surface area contributed by atoms with Crippen LogP contribution in [0.1, 0.15) is 0 Å². The largest absolute Gasteiger partial charge is 0.387 e. The molecule has 0 bridgehead atoms. The third kappa shape index (κ3) is 1.75. The van der Waals surface area contributed by atoms with Crippen LogP contribution in [0, 0.1) is 0 Å². The first kappa shape index (κ1) is 9.88. The number of ether oxygens (including phenoxy) is 3. The molecule has 1 aliphatic heterocycles. The molecule has 0 aromatic rings. The van der Waals surface area contributed by atoms with Gasteiger partial charge >= 0.3 is 0 Å². The molecule has 4 atom stereocenters. The molecular weight excluding hydrogens is 164 g/mol. The Balaban J connectivity index is 2.52. The van der Waals surface area contributed by atoms with Crippen molar-refractivity contribution in [3.8, 4) is 0 Å². The van der Waals surface area contributed by atoms with Crippen molar-refractivity contribution in [2.24, 2.45) is 0 Å². The summed E-state index contributed by atoms with van der Waals surface area (Å²) in [4.78, 5) is 0. The van der Waals surface area contributed by atoms with Crippen LogP contribution < -0.4 is 0 Å². The molecule has 1 aliphatic rings. The summed E-state index contributed by atoms with van der Waals surface area (Å²) in [6, 6.07) is 0. The third-order valence-electron chi connectivity index (χ3n) is 1.97. The molecule has 72 valence electrons. The summed E-state index contributed by atoms with van der Waals surface area (Å²) in [7, 11) is 2.87. The van der Waals surface area contributed by atoms with Gasteiger partial charge in [-0.25, -0.2) is 0 Å². The van der Waals surface area contributed by atoms with Gasteiger partial charge in [0.25, 0.3) is 0 Å². The molecule has 0 radical (unpaired) electrons. The van der Waals surface area contributed by atoms with Crippen molar-refractivity contribution in [3.63, 3.8) is 0 Å². The molecule has 0 aromatic heterocycles. The Labute approximate surface area is 70.9 Å². The third-order valence-corrected chi connectivity index (χ3v) is 1.97. The first-order valence-electron chi connectivity index (χ1n) is 3.74. The predicted molar refractivity (Wildman–Crippen MR) is 39.6 cm³/mol. The highest BCUT2D eigenvalue weighted by Crippen LogP contribution is 2.17. The van der Waals surface area contributed by atoms with Crippen LogP contribution in [0.4, 0.5) is 0 Å². The van der Waals surface area contributed by atoms with E-state index in [2.05, 4.69) is 0 Å². The molecule has 0 amide bonds. The quantitative estimate of drug-likeness (QED) is 0.551. The van der Waals surface area contributed by atoms with Crippen molar-refractivity contribution in [1.82, 2.24) is 0 Å². The van der Waals surface area contributed by atoms with Crippen molar-refractivity contribution >= 4 is 0 Å². The van der Waals surface area contributed by atoms with Crippen LogP contribution in [-0.4, -0.2) is 55.6 Å². The van der Waals surface area contributed by atoms with Crippen LogP contribution in [0.3, 0.4) is 0 Å². The summed E-state index contributed by atoms with van der Waals surface area (Å²) >= 11 is 0. The summed E-state index contributed by atoms with van der Waals surface area (Å²) < 4.78 is 14.7. The van der Waals surface area contributed by atoms with E-state index in [4.69, 9.17) is 14.2 Å². The molecule has 0 aliphatic carbocycles. The van der Waals surface area contributed by atoms with Gasteiger partial charge in [0.15, 0.2) is 6.29 Å². The minimum atomic E-state index is -1.05. The van der Waals surface area contributed by atoms with Crippen molar-refractivity contribution < 1.29 is 24.4 Å². The predicted octanol–water partition coefficient (Wildman–Crippen LogP) is -1.27. The second kappa shape index (κ2) is 4.15. The molecule has 1 heterocycles. The molecule has 0 spiro atoms. The molecule has 5 heteroatoms. The van der Waals surface area contributed by atoms with Gasteiger partial charge in [0, 0.05) is 14.2 Å². The van der Waals surface area contributed by atoms with E-state index < -0.39 is 24.6 Å². The fraction of sp³-hybridized carbons (Fsp3) is 1.00. The summed E-state index contributed by atoms with van der Waals surface area (Å²) in [5, 5.41) is 18.8. The maximum Gasteiger partial charge on any atom is 0.185 e. The molecule has 0 saturated carbocycles. The summed E-state index contributed by atoms with van der Waals surface area (Å²) in [6.07, 6.45) is -3.24. The smallest absolute Gasteiger partial charge is 0.185 e. The van der Waals surface area contributed by atoms with Crippen molar-refractivity contribution in [2.75, 3.05) is 20.8 Å². The van der Waals surface area contributed by atoms with Crippen LogP contribution in [0.2, 0.25) is 0 Å². The number of aliphatic hydroxyl groups is 2. The van der Waals surface area contributed by atoms with E-state index in [1.165, 1.54) is 14.2 Å². The molecule has 1 fully saturated rings. The number of aliphatic hydroxyl groups excluding tert-OH is 2. The highest BCUT2D eigenvalue weighted by molar-refractivity contribution is 4.83. The molecule has 1 rings (SSSR count). The maximum absolute atomic E-state index is 9.40. The first-order chi connectivity index (χ1) is 5.70. The maximum atomic E-state index is 9.40. The monoisotopic (exact) mass is 178 g/mol. The van der Waals surface area contributed by atoms with E-state index in [9.17, 15) is 10.2 Å². The Morgan fingerprint density at radius 1 is 1.17 bits per heavy atom. The molecule has 0 unspecified atom stereocenters. The van der Waals surface area contributed by atoms with Gasteiger partial charge in [0.1, 0.15) is 18.3 Å². The molecule has 12 heavy (non-hydrogen) atoms. The topological polar surface area (TPSA) is 68.2 Å². The molecule has 1 saturated heterocycles. The Bertz CT molecular complexity index is 124. The minimum absolute atomic E-state index is 0.229. The minimum Gasteiger partial charge on any atom is -0.387 e. The average Bonchev–Trinajstić information content (AvgIpc) is 2.10. The van der Waals surface area contributed by atoms with Gasteiger partial charge in [-0.05, 0) is 0 Å². The highest BCUT2D eigenvalue weighted by atomic mass is 16.7. The Morgan fingerprint density at radius 3 is 2.33 bits per heavy atom. The van der Waals surface area contributed by atoms with E-state index in [1.54, 1.807) is 0 Å². The summed E-state index contributed by atoms with van der Waals surface area (Å²) in [6.45, 7) is 0.229.